The zero-order valence-corrected chi connectivity index (χ0v) is 13.4. The largest absolute Gasteiger partial charge is 0.394 e. The van der Waals surface area contributed by atoms with Gasteiger partial charge in [0.25, 0.3) is 0 Å². The molecule has 1 heterocycles. The summed E-state index contributed by atoms with van der Waals surface area (Å²) in [7, 11) is 0. The van der Waals surface area contributed by atoms with Gasteiger partial charge in [-0.2, -0.15) is 0 Å². The molecule has 1 fully saturated rings. The molecule has 2 rings (SSSR count). The number of aliphatic hydroxyl groups excluding tert-OH is 2. The Hall–Kier alpha value is -1.92. The molecule has 0 radical (unpaired) electrons. The Balaban J connectivity index is 1.91. The summed E-state index contributed by atoms with van der Waals surface area (Å²) < 4.78 is 0. The second-order valence-corrected chi connectivity index (χ2v) is 5.95. The summed E-state index contributed by atoms with van der Waals surface area (Å²) in [6.45, 7) is 2.39. The molecule has 1 aromatic rings. The van der Waals surface area contributed by atoms with E-state index < -0.39 is 6.10 Å². The fourth-order valence-corrected chi connectivity index (χ4v) is 2.90. The Morgan fingerprint density at radius 3 is 2.61 bits per heavy atom. The van der Waals surface area contributed by atoms with E-state index in [0.717, 1.165) is 5.56 Å². The molecule has 6 nitrogen and oxygen atoms in total. The van der Waals surface area contributed by atoms with Gasteiger partial charge in [-0.1, -0.05) is 30.3 Å². The van der Waals surface area contributed by atoms with Crippen molar-refractivity contribution in [3.05, 3.63) is 35.9 Å². The Bertz CT molecular complexity index is 535. The lowest BCUT2D eigenvalue weighted by molar-refractivity contribution is -0.135. The van der Waals surface area contributed by atoms with Crippen LogP contribution < -0.4 is 0 Å². The average Bonchev–Trinajstić information content (AvgIpc) is 2.93. The van der Waals surface area contributed by atoms with Crippen LogP contribution in [0.1, 0.15) is 25.3 Å². The van der Waals surface area contributed by atoms with Crippen LogP contribution in [0.15, 0.2) is 30.3 Å². The van der Waals surface area contributed by atoms with Crippen LogP contribution >= 0.6 is 0 Å². The van der Waals surface area contributed by atoms with Crippen LogP contribution in [0.3, 0.4) is 0 Å². The molecule has 2 atom stereocenters. The van der Waals surface area contributed by atoms with Gasteiger partial charge in [-0.05, 0) is 12.0 Å². The van der Waals surface area contributed by atoms with E-state index in [2.05, 4.69) is 0 Å². The molecule has 23 heavy (non-hydrogen) atoms. The average molecular weight is 320 g/mol. The van der Waals surface area contributed by atoms with Crippen molar-refractivity contribution < 1.29 is 19.8 Å². The van der Waals surface area contributed by atoms with Gasteiger partial charge in [0.05, 0.1) is 18.8 Å². The highest BCUT2D eigenvalue weighted by molar-refractivity contribution is 5.78. The van der Waals surface area contributed by atoms with E-state index >= 15 is 0 Å². The molecule has 1 saturated heterocycles. The van der Waals surface area contributed by atoms with E-state index in [1.165, 1.54) is 11.8 Å². The number of hydrogen-bond donors (Lipinski definition) is 2. The Kier molecular flexibility index (Phi) is 6.12. The SMILES string of the molecule is CC(=O)N(CCC(=O)N1C[C@H](O)C[C@H]1CO)Cc1ccccc1. The van der Waals surface area contributed by atoms with Crippen molar-refractivity contribution in [2.24, 2.45) is 0 Å². The first-order chi connectivity index (χ1) is 11.0. The summed E-state index contributed by atoms with van der Waals surface area (Å²) in [6.07, 6.45) is 0.0162. The fourth-order valence-electron chi connectivity index (χ4n) is 2.90. The summed E-state index contributed by atoms with van der Waals surface area (Å²) in [5.74, 6) is -0.221. The maximum atomic E-state index is 12.3. The van der Waals surface area contributed by atoms with Crippen LogP contribution in [0.2, 0.25) is 0 Å². The molecule has 6 heteroatoms. The minimum absolute atomic E-state index is 0.0817. The third kappa shape index (κ3) is 4.77. The lowest BCUT2D eigenvalue weighted by Gasteiger charge is -2.25. The highest BCUT2D eigenvalue weighted by Crippen LogP contribution is 2.18. The van der Waals surface area contributed by atoms with Crippen molar-refractivity contribution >= 4 is 11.8 Å². The Labute approximate surface area is 136 Å². The number of aliphatic hydroxyl groups is 2. The molecular formula is C17H24N2O4. The molecule has 0 bridgehead atoms. The quantitative estimate of drug-likeness (QED) is 0.794. The van der Waals surface area contributed by atoms with Gasteiger partial charge in [-0.3, -0.25) is 9.59 Å². The number of carbonyl (C=O) groups is 2. The summed E-state index contributed by atoms with van der Waals surface area (Å²) in [5.41, 5.74) is 1.01. The van der Waals surface area contributed by atoms with Crippen LogP contribution in [0.4, 0.5) is 0 Å². The van der Waals surface area contributed by atoms with E-state index in [0.29, 0.717) is 19.5 Å². The number of rotatable bonds is 6. The van der Waals surface area contributed by atoms with E-state index in [1.54, 1.807) is 4.90 Å². The predicted molar refractivity (Wildman–Crippen MR) is 85.4 cm³/mol. The first-order valence-electron chi connectivity index (χ1n) is 7.89. The normalized spacial score (nSPS) is 20.6. The maximum absolute atomic E-state index is 12.3. The van der Waals surface area contributed by atoms with E-state index in [1.807, 2.05) is 30.3 Å². The van der Waals surface area contributed by atoms with Gasteiger partial charge >= 0.3 is 0 Å². The van der Waals surface area contributed by atoms with E-state index in [9.17, 15) is 19.8 Å². The van der Waals surface area contributed by atoms with Crippen molar-refractivity contribution in [3.8, 4) is 0 Å². The number of hydrogen-bond acceptors (Lipinski definition) is 4. The third-order valence-electron chi connectivity index (χ3n) is 4.18. The van der Waals surface area contributed by atoms with Gasteiger partial charge in [0, 0.05) is 33.0 Å². The first-order valence-corrected chi connectivity index (χ1v) is 7.89. The number of nitrogens with zero attached hydrogens (tertiary/aromatic N) is 2. The summed E-state index contributed by atoms with van der Waals surface area (Å²) in [5, 5.41) is 18.9. The number of amides is 2. The van der Waals surface area contributed by atoms with Crippen molar-refractivity contribution in [2.75, 3.05) is 19.7 Å². The van der Waals surface area contributed by atoms with Crippen LogP contribution in [0.25, 0.3) is 0 Å². The predicted octanol–water partition coefficient (Wildman–Crippen LogP) is 0.379. The van der Waals surface area contributed by atoms with Gasteiger partial charge < -0.3 is 20.0 Å². The molecule has 0 aromatic heterocycles. The fraction of sp³-hybridized carbons (Fsp3) is 0.529. The lowest BCUT2D eigenvalue weighted by Crippen LogP contribution is -2.40. The van der Waals surface area contributed by atoms with Gasteiger partial charge in [0.2, 0.25) is 11.8 Å². The summed E-state index contributed by atoms with van der Waals surface area (Å²) >= 11 is 0. The Morgan fingerprint density at radius 1 is 1.30 bits per heavy atom. The molecular weight excluding hydrogens is 296 g/mol. The first kappa shape index (κ1) is 17.4. The molecule has 1 aliphatic rings. The summed E-state index contributed by atoms with van der Waals surface area (Å²) in [6, 6.07) is 9.30. The molecule has 2 amide bonds. The molecule has 0 saturated carbocycles. The monoisotopic (exact) mass is 320 g/mol. The molecule has 1 aromatic carbocycles. The molecule has 0 aliphatic carbocycles. The standard InChI is InChI=1S/C17H24N2O4/c1-13(21)18(10-14-5-3-2-4-6-14)8-7-17(23)19-11-16(22)9-15(19)12-20/h2-6,15-16,20,22H,7-12H2,1H3/t15-,16+/m0/s1. The minimum atomic E-state index is -0.579. The molecule has 0 spiro atoms. The maximum Gasteiger partial charge on any atom is 0.224 e. The van der Waals surface area contributed by atoms with Crippen molar-refractivity contribution in [1.29, 1.82) is 0 Å². The molecule has 126 valence electrons. The number of β-amino-alcohol motifs (C(OH)–C–C–N with tert-alkyl or cyclic N) is 1. The summed E-state index contributed by atoms with van der Waals surface area (Å²) in [4.78, 5) is 27.2. The molecule has 1 aliphatic heterocycles. The molecule has 0 unspecified atom stereocenters. The van der Waals surface area contributed by atoms with Gasteiger partial charge in [0.1, 0.15) is 0 Å². The third-order valence-corrected chi connectivity index (χ3v) is 4.18. The number of benzene rings is 1. The smallest absolute Gasteiger partial charge is 0.224 e. The van der Waals surface area contributed by atoms with Gasteiger partial charge in [-0.15, -0.1) is 0 Å². The zero-order chi connectivity index (χ0) is 16.8. The number of likely N-dealkylation sites (tertiary alicyclic amines) is 1. The van der Waals surface area contributed by atoms with Crippen LogP contribution in [0, 0.1) is 0 Å². The minimum Gasteiger partial charge on any atom is -0.394 e. The van der Waals surface area contributed by atoms with Crippen LogP contribution in [-0.4, -0.2) is 63.7 Å². The Morgan fingerprint density at radius 2 is 2.00 bits per heavy atom. The second-order valence-electron chi connectivity index (χ2n) is 5.95. The number of carbonyl (C=O) groups excluding carboxylic acids is 2. The highest BCUT2D eigenvalue weighted by Gasteiger charge is 2.33. The topological polar surface area (TPSA) is 81.1 Å². The van der Waals surface area contributed by atoms with Crippen LogP contribution in [0.5, 0.6) is 0 Å². The zero-order valence-electron chi connectivity index (χ0n) is 13.4. The van der Waals surface area contributed by atoms with E-state index in [4.69, 9.17) is 0 Å². The van der Waals surface area contributed by atoms with Crippen molar-refractivity contribution in [2.45, 2.75) is 38.5 Å². The lowest BCUT2D eigenvalue weighted by atomic mass is 10.2. The van der Waals surface area contributed by atoms with Crippen LogP contribution in [-0.2, 0) is 16.1 Å². The van der Waals surface area contributed by atoms with Gasteiger partial charge in [0.15, 0.2) is 0 Å². The van der Waals surface area contributed by atoms with Gasteiger partial charge in [-0.25, -0.2) is 0 Å². The highest BCUT2D eigenvalue weighted by atomic mass is 16.3. The molecule has 2 N–H and O–H groups in total. The van der Waals surface area contributed by atoms with Crippen molar-refractivity contribution in [3.63, 3.8) is 0 Å². The van der Waals surface area contributed by atoms with Crippen molar-refractivity contribution in [1.82, 2.24) is 9.80 Å². The second kappa shape index (κ2) is 8.08. The van der Waals surface area contributed by atoms with E-state index in [-0.39, 0.29) is 37.4 Å².